The van der Waals surface area contributed by atoms with Crippen molar-refractivity contribution in [3.05, 3.63) is 18.2 Å². The minimum absolute atomic E-state index is 0.527. The maximum absolute atomic E-state index is 6.19. The highest BCUT2D eigenvalue weighted by Gasteiger charge is 2.29. The first-order chi connectivity index (χ1) is 9.13. The Morgan fingerprint density at radius 3 is 2.74 bits per heavy atom. The average Bonchev–Trinajstić information content (AvgIpc) is 2.72. The molecular weight excluding hydrogens is 236 g/mol. The number of nitrogens with two attached hydrogens (primary N) is 1. The first-order valence-electron chi connectivity index (χ1n) is 7.41. The Hall–Kier alpha value is -1.38. The molecule has 3 atom stereocenters. The van der Waals surface area contributed by atoms with E-state index < -0.39 is 0 Å². The molecule has 0 saturated heterocycles. The highest BCUT2D eigenvalue weighted by molar-refractivity contribution is 5.73. The van der Waals surface area contributed by atoms with Crippen molar-refractivity contribution in [3.63, 3.8) is 0 Å². The summed E-state index contributed by atoms with van der Waals surface area (Å²) < 4.78 is 5.67. The summed E-state index contributed by atoms with van der Waals surface area (Å²) in [6.45, 7) is 7.46. The van der Waals surface area contributed by atoms with Crippen molar-refractivity contribution in [1.29, 1.82) is 0 Å². The average molecular weight is 262 g/mol. The third-order valence-corrected chi connectivity index (χ3v) is 4.33. The van der Waals surface area contributed by atoms with Gasteiger partial charge in [0, 0.05) is 6.04 Å². The van der Waals surface area contributed by atoms with Crippen molar-refractivity contribution in [2.75, 3.05) is 17.7 Å². The van der Waals surface area contributed by atoms with Gasteiger partial charge in [-0.1, -0.05) is 26.8 Å². The van der Waals surface area contributed by atoms with E-state index >= 15 is 0 Å². The molecule has 19 heavy (non-hydrogen) atoms. The van der Waals surface area contributed by atoms with Crippen LogP contribution in [0.25, 0.3) is 0 Å². The zero-order valence-electron chi connectivity index (χ0n) is 12.3. The number of nitrogen functional groups attached to an aromatic ring is 1. The van der Waals surface area contributed by atoms with Crippen LogP contribution in [0.3, 0.4) is 0 Å². The molecule has 2 rings (SSSR count). The van der Waals surface area contributed by atoms with Gasteiger partial charge in [0.05, 0.1) is 18.0 Å². The molecule has 1 aromatic rings. The van der Waals surface area contributed by atoms with Crippen LogP contribution in [0, 0.1) is 11.8 Å². The second-order valence-corrected chi connectivity index (χ2v) is 5.73. The highest BCUT2D eigenvalue weighted by Crippen LogP contribution is 2.36. The third-order valence-electron chi connectivity index (χ3n) is 4.33. The van der Waals surface area contributed by atoms with Crippen molar-refractivity contribution in [1.82, 2.24) is 0 Å². The predicted molar refractivity (Wildman–Crippen MR) is 81.6 cm³/mol. The van der Waals surface area contributed by atoms with E-state index in [4.69, 9.17) is 10.5 Å². The van der Waals surface area contributed by atoms with Crippen LogP contribution in [0.15, 0.2) is 18.2 Å². The van der Waals surface area contributed by atoms with Gasteiger partial charge in [-0.05, 0) is 43.2 Å². The lowest BCUT2D eigenvalue weighted by Crippen LogP contribution is -2.24. The molecule has 1 saturated carbocycles. The summed E-state index contributed by atoms with van der Waals surface area (Å²) in [5.74, 6) is 2.28. The number of rotatable bonds is 5. The molecule has 0 heterocycles. The Kier molecular flexibility index (Phi) is 4.56. The van der Waals surface area contributed by atoms with Gasteiger partial charge in [0.1, 0.15) is 5.75 Å². The van der Waals surface area contributed by atoms with Gasteiger partial charge >= 0.3 is 0 Å². The van der Waals surface area contributed by atoms with Crippen molar-refractivity contribution in [2.45, 2.75) is 46.1 Å². The number of para-hydroxylation sites is 1. The highest BCUT2D eigenvalue weighted by atomic mass is 16.5. The second kappa shape index (κ2) is 6.18. The van der Waals surface area contributed by atoms with Crippen LogP contribution in [-0.4, -0.2) is 12.6 Å². The maximum Gasteiger partial charge on any atom is 0.144 e. The Morgan fingerprint density at radius 1 is 1.32 bits per heavy atom. The maximum atomic E-state index is 6.19. The van der Waals surface area contributed by atoms with Crippen molar-refractivity contribution in [2.24, 2.45) is 11.8 Å². The number of ether oxygens (including phenoxy) is 1. The first-order valence-corrected chi connectivity index (χ1v) is 7.41. The summed E-state index contributed by atoms with van der Waals surface area (Å²) in [5.41, 5.74) is 7.95. The number of anilines is 2. The van der Waals surface area contributed by atoms with Gasteiger partial charge in [-0.3, -0.25) is 0 Å². The molecule has 1 aliphatic rings. The monoisotopic (exact) mass is 262 g/mol. The number of nitrogens with one attached hydrogen (secondary N) is 1. The van der Waals surface area contributed by atoms with E-state index in [0.29, 0.717) is 18.6 Å². The Bertz CT molecular complexity index is 419. The van der Waals surface area contributed by atoms with Crippen LogP contribution in [-0.2, 0) is 0 Å². The van der Waals surface area contributed by atoms with Crippen molar-refractivity contribution < 1.29 is 4.74 Å². The normalized spacial score (nSPS) is 26.4. The molecule has 0 radical (unpaired) electrons. The summed E-state index contributed by atoms with van der Waals surface area (Å²) >= 11 is 0. The largest absolute Gasteiger partial charge is 0.491 e. The number of benzene rings is 1. The van der Waals surface area contributed by atoms with Crippen LogP contribution in [0.1, 0.15) is 40.0 Å². The van der Waals surface area contributed by atoms with Crippen LogP contribution in [0.5, 0.6) is 5.75 Å². The fourth-order valence-corrected chi connectivity index (χ4v) is 2.78. The Balaban J connectivity index is 2.08. The standard InChI is InChI=1S/C16H26N2O/c1-4-10-19-15-7-5-6-14(16(15)17)18-13-9-8-11(2)12(13)3/h5-7,11-13,18H,4,8-10,17H2,1-3H3. The molecule has 106 valence electrons. The van der Waals surface area contributed by atoms with Gasteiger partial charge in [-0.15, -0.1) is 0 Å². The van der Waals surface area contributed by atoms with E-state index in [-0.39, 0.29) is 0 Å². The zero-order chi connectivity index (χ0) is 13.8. The fourth-order valence-electron chi connectivity index (χ4n) is 2.78. The molecule has 0 bridgehead atoms. The van der Waals surface area contributed by atoms with Crippen LogP contribution in [0.2, 0.25) is 0 Å². The van der Waals surface area contributed by atoms with Crippen LogP contribution >= 0.6 is 0 Å². The molecule has 1 aromatic carbocycles. The molecule has 0 aromatic heterocycles. The van der Waals surface area contributed by atoms with E-state index in [1.54, 1.807) is 0 Å². The van der Waals surface area contributed by atoms with Gasteiger partial charge in [-0.2, -0.15) is 0 Å². The molecule has 0 spiro atoms. The van der Waals surface area contributed by atoms with E-state index in [2.05, 4.69) is 26.1 Å². The SMILES string of the molecule is CCCOc1cccc(NC2CCC(C)C2C)c1N. The first kappa shape index (κ1) is 14.0. The molecule has 3 N–H and O–H groups in total. The summed E-state index contributed by atoms with van der Waals surface area (Å²) in [4.78, 5) is 0. The summed E-state index contributed by atoms with van der Waals surface area (Å²) in [6.07, 6.45) is 3.51. The molecule has 3 nitrogen and oxygen atoms in total. The number of hydrogen-bond donors (Lipinski definition) is 2. The van der Waals surface area contributed by atoms with Crippen LogP contribution in [0.4, 0.5) is 11.4 Å². The molecule has 0 aliphatic heterocycles. The molecule has 3 unspecified atom stereocenters. The second-order valence-electron chi connectivity index (χ2n) is 5.73. The predicted octanol–water partition coefficient (Wildman–Crippen LogP) is 3.90. The zero-order valence-corrected chi connectivity index (χ0v) is 12.3. The van der Waals surface area contributed by atoms with Gasteiger partial charge in [-0.25, -0.2) is 0 Å². The van der Waals surface area contributed by atoms with E-state index in [1.807, 2.05) is 18.2 Å². The molecule has 1 fully saturated rings. The Labute approximate surface area is 116 Å². The van der Waals surface area contributed by atoms with Crippen molar-refractivity contribution in [3.8, 4) is 5.75 Å². The van der Waals surface area contributed by atoms with Crippen molar-refractivity contribution >= 4 is 11.4 Å². The van der Waals surface area contributed by atoms with E-state index in [9.17, 15) is 0 Å². The lowest BCUT2D eigenvalue weighted by Gasteiger charge is -2.22. The minimum Gasteiger partial charge on any atom is -0.491 e. The fraction of sp³-hybridized carbons (Fsp3) is 0.625. The van der Waals surface area contributed by atoms with Gasteiger partial charge < -0.3 is 15.8 Å². The summed E-state index contributed by atoms with van der Waals surface area (Å²) in [6, 6.07) is 6.52. The van der Waals surface area contributed by atoms with Gasteiger partial charge in [0.15, 0.2) is 0 Å². The summed E-state index contributed by atoms with van der Waals surface area (Å²) in [5, 5.41) is 3.60. The lowest BCUT2D eigenvalue weighted by molar-refractivity contribution is 0.319. The minimum atomic E-state index is 0.527. The molecule has 0 amide bonds. The van der Waals surface area contributed by atoms with Crippen LogP contribution < -0.4 is 15.8 Å². The molecule has 3 heteroatoms. The lowest BCUT2D eigenvalue weighted by atomic mass is 9.97. The quantitative estimate of drug-likeness (QED) is 0.791. The van der Waals surface area contributed by atoms with E-state index in [1.165, 1.54) is 12.8 Å². The topological polar surface area (TPSA) is 47.3 Å². The molecular formula is C16H26N2O. The van der Waals surface area contributed by atoms with Gasteiger partial charge in [0.2, 0.25) is 0 Å². The summed E-state index contributed by atoms with van der Waals surface area (Å²) in [7, 11) is 0. The van der Waals surface area contributed by atoms with Gasteiger partial charge in [0.25, 0.3) is 0 Å². The Morgan fingerprint density at radius 2 is 2.11 bits per heavy atom. The number of hydrogen-bond acceptors (Lipinski definition) is 3. The third kappa shape index (κ3) is 3.14. The smallest absolute Gasteiger partial charge is 0.144 e. The molecule has 1 aliphatic carbocycles. The van der Waals surface area contributed by atoms with E-state index in [0.717, 1.165) is 29.5 Å².